The van der Waals surface area contributed by atoms with Crippen LogP contribution in [0.4, 0.5) is 5.69 Å². The lowest BCUT2D eigenvalue weighted by Gasteiger charge is -2.16. The number of ether oxygens (including phenoxy) is 1. The van der Waals surface area contributed by atoms with E-state index in [2.05, 4.69) is 38.2 Å². The molecule has 16 heavy (non-hydrogen) atoms. The van der Waals surface area contributed by atoms with E-state index in [1.165, 1.54) is 18.4 Å². The van der Waals surface area contributed by atoms with Gasteiger partial charge in [-0.15, -0.1) is 0 Å². The van der Waals surface area contributed by atoms with Crippen LogP contribution < -0.4 is 10.1 Å². The van der Waals surface area contributed by atoms with E-state index in [1.807, 2.05) is 13.1 Å². The first-order valence-corrected chi connectivity index (χ1v) is 6.12. The third kappa shape index (κ3) is 3.44. The monoisotopic (exact) mass is 221 g/mol. The normalized spacial score (nSPS) is 10.6. The molecule has 0 aliphatic carbocycles. The molecule has 1 N–H and O–H groups in total. The first kappa shape index (κ1) is 12.9. The molecule has 0 bridgehead atoms. The van der Waals surface area contributed by atoms with Crippen molar-refractivity contribution in [3.8, 4) is 5.75 Å². The lowest BCUT2D eigenvalue weighted by Crippen LogP contribution is -2.11. The van der Waals surface area contributed by atoms with Crippen molar-refractivity contribution in [2.75, 3.05) is 19.0 Å². The summed E-state index contributed by atoms with van der Waals surface area (Å²) < 4.78 is 5.86. The molecule has 0 radical (unpaired) electrons. The van der Waals surface area contributed by atoms with Gasteiger partial charge in [-0.1, -0.05) is 32.8 Å². The predicted octanol–water partition coefficient (Wildman–Crippen LogP) is 3.85. The molecule has 0 atom stereocenters. The molecule has 2 heteroatoms. The van der Waals surface area contributed by atoms with Crippen molar-refractivity contribution in [3.63, 3.8) is 0 Å². The predicted molar refractivity (Wildman–Crippen MR) is 70.3 cm³/mol. The Morgan fingerprint density at radius 2 is 1.94 bits per heavy atom. The van der Waals surface area contributed by atoms with Gasteiger partial charge < -0.3 is 10.1 Å². The van der Waals surface area contributed by atoms with Gasteiger partial charge in [-0.2, -0.15) is 0 Å². The zero-order valence-electron chi connectivity index (χ0n) is 10.8. The smallest absolute Gasteiger partial charge is 0.142 e. The minimum Gasteiger partial charge on any atom is -0.491 e. The Kier molecular flexibility index (Phi) is 5.17. The van der Waals surface area contributed by atoms with E-state index >= 15 is 0 Å². The third-order valence-corrected chi connectivity index (χ3v) is 3.03. The number of anilines is 1. The molecule has 0 aliphatic heterocycles. The van der Waals surface area contributed by atoms with Crippen molar-refractivity contribution in [2.24, 2.45) is 5.92 Å². The van der Waals surface area contributed by atoms with Gasteiger partial charge in [0.15, 0.2) is 0 Å². The van der Waals surface area contributed by atoms with Gasteiger partial charge >= 0.3 is 0 Å². The van der Waals surface area contributed by atoms with Gasteiger partial charge in [-0.25, -0.2) is 0 Å². The summed E-state index contributed by atoms with van der Waals surface area (Å²) >= 11 is 0. The number of benzene rings is 1. The van der Waals surface area contributed by atoms with E-state index in [4.69, 9.17) is 4.74 Å². The average Bonchev–Trinajstić information content (AvgIpc) is 2.31. The maximum Gasteiger partial charge on any atom is 0.142 e. The Balaban J connectivity index is 2.65. The second kappa shape index (κ2) is 6.41. The molecule has 90 valence electrons. The molecule has 1 aromatic carbocycles. The molecule has 0 aromatic heterocycles. The topological polar surface area (TPSA) is 21.3 Å². The quantitative estimate of drug-likeness (QED) is 0.787. The molecule has 0 heterocycles. The van der Waals surface area contributed by atoms with Gasteiger partial charge in [0.1, 0.15) is 5.75 Å². The Hall–Kier alpha value is -1.18. The average molecular weight is 221 g/mol. The SMILES string of the molecule is CCC(CC)COc1ccc(C)cc1NC. The summed E-state index contributed by atoms with van der Waals surface area (Å²) in [6.07, 6.45) is 2.36. The summed E-state index contributed by atoms with van der Waals surface area (Å²) in [5.74, 6) is 1.62. The zero-order valence-corrected chi connectivity index (χ0v) is 10.8. The van der Waals surface area contributed by atoms with Crippen LogP contribution in [0.15, 0.2) is 18.2 Å². The highest BCUT2D eigenvalue weighted by molar-refractivity contribution is 5.57. The van der Waals surface area contributed by atoms with E-state index in [1.54, 1.807) is 0 Å². The van der Waals surface area contributed by atoms with E-state index in [-0.39, 0.29) is 0 Å². The highest BCUT2D eigenvalue weighted by Crippen LogP contribution is 2.26. The maximum absolute atomic E-state index is 5.86. The number of hydrogen-bond acceptors (Lipinski definition) is 2. The molecule has 0 spiro atoms. The highest BCUT2D eigenvalue weighted by atomic mass is 16.5. The fourth-order valence-electron chi connectivity index (χ4n) is 1.70. The van der Waals surface area contributed by atoms with Gasteiger partial charge in [-0.3, -0.25) is 0 Å². The van der Waals surface area contributed by atoms with E-state index in [0.29, 0.717) is 5.92 Å². The van der Waals surface area contributed by atoms with Gasteiger partial charge in [0.2, 0.25) is 0 Å². The van der Waals surface area contributed by atoms with Crippen LogP contribution in [0.5, 0.6) is 5.75 Å². The molecular weight excluding hydrogens is 198 g/mol. The molecule has 0 amide bonds. The number of aryl methyl sites for hydroxylation is 1. The molecule has 0 fully saturated rings. The number of nitrogens with one attached hydrogen (secondary N) is 1. The molecule has 1 aromatic rings. The summed E-state index contributed by atoms with van der Waals surface area (Å²) in [5.41, 5.74) is 2.32. The Bertz CT molecular complexity index is 319. The van der Waals surface area contributed by atoms with Crippen LogP contribution in [-0.4, -0.2) is 13.7 Å². The summed E-state index contributed by atoms with van der Waals surface area (Å²) in [5, 5.41) is 3.17. The largest absolute Gasteiger partial charge is 0.491 e. The van der Waals surface area contributed by atoms with Crippen LogP contribution in [0.3, 0.4) is 0 Å². The Labute approximate surface area is 99.0 Å². The summed E-state index contributed by atoms with van der Waals surface area (Å²) in [6.45, 7) is 7.33. The lowest BCUT2D eigenvalue weighted by atomic mass is 10.1. The van der Waals surface area contributed by atoms with Crippen LogP contribution in [0, 0.1) is 12.8 Å². The highest BCUT2D eigenvalue weighted by Gasteiger charge is 2.07. The molecule has 0 saturated carbocycles. The molecule has 0 saturated heterocycles. The van der Waals surface area contributed by atoms with Crippen molar-refractivity contribution >= 4 is 5.69 Å². The first-order valence-electron chi connectivity index (χ1n) is 6.12. The van der Waals surface area contributed by atoms with E-state index < -0.39 is 0 Å². The lowest BCUT2D eigenvalue weighted by molar-refractivity contribution is 0.241. The van der Waals surface area contributed by atoms with Gasteiger partial charge in [0.05, 0.1) is 12.3 Å². The number of hydrogen-bond donors (Lipinski definition) is 1. The van der Waals surface area contributed by atoms with Gasteiger partial charge in [0, 0.05) is 7.05 Å². The first-order chi connectivity index (χ1) is 7.71. The van der Waals surface area contributed by atoms with Crippen LogP contribution >= 0.6 is 0 Å². The molecule has 2 nitrogen and oxygen atoms in total. The number of rotatable bonds is 6. The van der Waals surface area contributed by atoms with Crippen molar-refractivity contribution in [2.45, 2.75) is 33.6 Å². The molecule has 0 unspecified atom stereocenters. The van der Waals surface area contributed by atoms with E-state index in [0.717, 1.165) is 18.0 Å². The summed E-state index contributed by atoms with van der Waals surface area (Å²) in [6, 6.07) is 6.24. The summed E-state index contributed by atoms with van der Waals surface area (Å²) in [7, 11) is 1.93. The fourth-order valence-corrected chi connectivity index (χ4v) is 1.70. The third-order valence-electron chi connectivity index (χ3n) is 3.03. The van der Waals surface area contributed by atoms with Crippen LogP contribution in [0.1, 0.15) is 32.3 Å². The molecule has 1 rings (SSSR count). The fraction of sp³-hybridized carbons (Fsp3) is 0.571. The van der Waals surface area contributed by atoms with E-state index in [9.17, 15) is 0 Å². The van der Waals surface area contributed by atoms with Gasteiger partial charge in [-0.05, 0) is 30.5 Å². The maximum atomic E-state index is 5.86. The second-order valence-electron chi connectivity index (χ2n) is 4.24. The summed E-state index contributed by atoms with van der Waals surface area (Å²) in [4.78, 5) is 0. The zero-order chi connectivity index (χ0) is 12.0. The minimum absolute atomic E-state index is 0.658. The molecule has 0 aliphatic rings. The minimum atomic E-state index is 0.658. The van der Waals surface area contributed by atoms with Crippen LogP contribution in [0.25, 0.3) is 0 Å². The Morgan fingerprint density at radius 1 is 1.25 bits per heavy atom. The standard InChI is InChI=1S/C14H23NO/c1-5-12(6-2)10-16-14-8-7-11(3)9-13(14)15-4/h7-9,12,15H,5-6,10H2,1-4H3. The van der Waals surface area contributed by atoms with Gasteiger partial charge in [0.25, 0.3) is 0 Å². The Morgan fingerprint density at radius 3 is 2.50 bits per heavy atom. The van der Waals surface area contributed by atoms with Crippen molar-refractivity contribution < 1.29 is 4.74 Å². The van der Waals surface area contributed by atoms with Crippen molar-refractivity contribution in [1.82, 2.24) is 0 Å². The van der Waals surface area contributed by atoms with Crippen molar-refractivity contribution in [1.29, 1.82) is 0 Å². The van der Waals surface area contributed by atoms with Crippen LogP contribution in [0.2, 0.25) is 0 Å². The second-order valence-corrected chi connectivity index (χ2v) is 4.24. The van der Waals surface area contributed by atoms with Crippen molar-refractivity contribution in [3.05, 3.63) is 23.8 Å². The molecular formula is C14H23NO. The van der Waals surface area contributed by atoms with Crippen LogP contribution in [-0.2, 0) is 0 Å².